The molecule has 0 aliphatic heterocycles. The molecule has 0 amide bonds. The van der Waals surface area contributed by atoms with Gasteiger partial charge in [0.05, 0.1) is 23.2 Å². The smallest absolute Gasteiger partial charge is 0.308 e. The van der Waals surface area contributed by atoms with E-state index in [0.717, 1.165) is 0 Å². The second-order valence-electron chi connectivity index (χ2n) is 15.2. The number of esters is 2. The van der Waals surface area contributed by atoms with Crippen LogP contribution in [0, 0.1) is 34.5 Å². The van der Waals surface area contributed by atoms with Gasteiger partial charge in [0.1, 0.15) is 0 Å². The van der Waals surface area contributed by atoms with Gasteiger partial charge in [-0.2, -0.15) is 31.0 Å². The van der Waals surface area contributed by atoms with E-state index in [-0.39, 0.29) is 37.5 Å². The highest BCUT2D eigenvalue weighted by Crippen LogP contribution is 2.31. The molecule has 248 valence electrons. The molecule has 0 aromatic heterocycles. The van der Waals surface area contributed by atoms with E-state index in [1.807, 2.05) is 69.2 Å². The zero-order valence-corrected chi connectivity index (χ0v) is 29.6. The Balaban J connectivity index is 5.88. The minimum absolute atomic E-state index is 0.0705. The summed E-state index contributed by atoms with van der Waals surface area (Å²) in [5, 5.41) is 45.0. The maximum Gasteiger partial charge on any atom is 0.308 e. The lowest BCUT2D eigenvalue weighted by molar-refractivity contribution is -0.165. The van der Waals surface area contributed by atoms with E-state index >= 15 is 0 Å². The predicted molar refractivity (Wildman–Crippen MR) is 168 cm³/mol. The van der Waals surface area contributed by atoms with E-state index in [1.54, 1.807) is 27.7 Å². The minimum Gasteiger partial charge on any atom is -0.436 e. The molecular weight excluding hydrogens is 560 g/mol. The van der Waals surface area contributed by atoms with Crippen LogP contribution in [0.2, 0.25) is 0 Å². The second-order valence-corrected chi connectivity index (χ2v) is 15.2. The third-order valence-electron chi connectivity index (χ3n) is 5.97. The average Bonchev–Trinajstić information content (AvgIpc) is 2.86. The molecule has 0 aliphatic carbocycles. The number of carbonyl (C=O) groups is 2. The summed E-state index contributed by atoms with van der Waals surface area (Å²) in [4.78, 5) is 25.9. The van der Waals surface area contributed by atoms with Crippen LogP contribution in [-0.4, -0.2) is 45.5 Å². The molecule has 0 bridgehead atoms. The number of ether oxygens (including phenoxy) is 2. The van der Waals surface area contributed by atoms with Crippen LogP contribution in [-0.2, 0) is 19.1 Å². The molecule has 0 saturated heterocycles. The molecular formula is C32H56N8O4. The fourth-order valence-corrected chi connectivity index (χ4v) is 3.99. The van der Waals surface area contributed by atoms with Crippen molar-refractivity contribution in [1.29, 1.82) is 10.5 Å². The monoisotopic (exact) mass is 616 g/mol. The number of nitrogens with zero attached hydrogens (tertiary/aromatic N) is 8. The zero-order valence-electron chi connectivity index (χ0n) is 29.6. The minimum atomic E-state index is -1.33. The lowest BCUT2D eigenvalue weighted by atomic mass is 9.98. The Hall–Kier alpha value is -3.28. The van der Waals surface area contributed by atoms with Gasteiger partial charge >= 0.3 is 11.9 Å². The average molecular weight is 617 g/mol. The topological polar surface area (TPSA) is 174 Å². The van der Waals surface area contributed by atoms with Gasteiger partial charge in [-0.15, -0.1) is 10.2 Å². The van der Waals surface area contributed by atoms with Crippen LogP contribution < -0.4 is 0 Å². The van der Waals surface area contributed by atoms with Crippen molar-refractivity contribution < 1.29 is 19.1 Å². The van der Waals surface area contributed by atoms with E-state index in [4.69, 9.17) is 9.47 Å². The fourth-order valence-electron chi connectivity index (χ4n) is 3.99. The van der Waals surface area contributed by atoms with Crippen molar-refractivity contribution in [3.63, 3.8) is 0 Å². The van der Waals surface area contributed by atoms with Gasteiger partial charge in [-0.3, -0.25) is 9.59 Å². The first-order chi connectivity index (χ1) is 19.8. The molecule has 0 rings (SSSR count). The largest absolute Gasteiger partial charge is 0.436 e. The van der Waals surface area contributed by atoms with Gasteiger partial charge in [0.15, 0.2) is 11.1 Å². The summed E-state index contributed by atoms with van der Waals surface area (Å²) < 4.78 is 11.6. The Kier molecular flexibility index (Phi) is 14.9. The molecule has 0 N–H and O–H groups in total. The predicted octanol–water partition coefficient (Wildman–Crippen LogP) is 8.68. The molecule has 0 aromatic carbocycles. The molecule has 12 nitrogen and oxygen atoms in total. The molecule has 0 aliphatic rings. The number of hydrogen-bond donors (Lipinski definition) is 0. The zero-order chi connectivity index (χ0) is 34.6. The van der Waals surface area contributed by atoms with Crippen molar-refractivity contribution in [2.75, 3.05) is 0 Å². The van der Waals surface area contributed by atoms with Gasteiger partial charge in [0.25, 0.3) is 0 Å². The number of carbonyl (C=O) groups excluding carboxylic acids is 2. The molecule has 44 heavy (non-hydrogen) atoms. The Morgan fingerprint density at radius 3 is 1.09 bits per heavy atom. The lowest BCUT2D eigenvalue weighted by Gasteiger charge is -2.30. The Morgan fingerprint density at radius 1 is 0.568 bits per heavy atom. The molecule has 12 heteroatoms. The lowest BCUT2D eigenvalue weighted by Crippen LogP contribution is -2.35. The molecule has 0 heterocycles. The van der Waals surface area contributed by atoms with Gasteiger partial charge in [-0.1, -0.05) is 27.7 Å². The van der Waals surface area contributed by atoms with E-state index in [9.17, 15) is 20.1 Å². The Morgan fingerprint density at radius 2 is 0.864 bits per heavy atom. The van der Waals surface area contributed by atoms with Crippen LogP contribution in [0.15, 0.2) is 30.7 Å². The van der Waals surface area contributed by atoms with Gasteiger partial charge in [-0.05, 0) is 93.9 Å². The number of azo groups is 3. The van der Waals surface area contributed by atoms with Crippen molar-refractivity contribution >= 4 is 11.9 Å². The van der Waals surface area contributed by atoms with Gasteiger partial charge in [0, 0.05) is 25.7 Å². The van der Waals surface area contributed by atoms with E-state index in [2.05, 4.69) is 42.8 Å². The van der Waals surface area contributed by atoms with Gasteiger partial charge in [0.2, 0.25) is 11.4 Å². The van der Waals surface area contributed by atoms with E-state index in [1.165, 1.54) is 0 Å². The highest BCUT2D eigenvalue weighted by atomic mass is 16.6. The van der Waals surface area contributed by atoms with E-state index < -0.39 is 45.5 Å². The molecule has 0 aromatic rings. The summed E-state index contributed by atoms with van der Waals surface area (Å²) in [5.74, 6) is -0.910. The molecule has 0 fully saturated rings. The van der Waals surface area contributed by atoms with Crippen molar-refractivity contribution in [2.24, 2.45) is 42.5 Å². The summed E-state index contributed by atoms with van der Waals surface area (Å²) in [6.45, 7) is 25.7. The first kappa shape index (κ1) is 40.7. The van der Waals surface area contributed by atoms with Crippen molar-refractivity contribution in [2.45, 2.75) is 169 Å². The summed E-state index contributed by atoms with van der Waals surface area (Å²) in [5.41, 5.74) is -5.93. The third kappa shape index (κ3) is 17.7. The highest BCUT2D eigenvalue weighted by Gasteiger charge is 2.36. The maximum absolute atomic E-state index is 13.0. The standard InChI is InChI=1S/C32H56N8O4/c1-23(2)19-31(13,43-25(41)15-17-29(11,21-33)37-35-27(5,6)7)39-40-32(14,20-24(3)4)44-26(42)16-18-30(12,22-34)38-36-28(8,9)10/h23-24H,15-20H2,1-14H3/b37-35?,38-36?,40-39+. The van der Waals surface area contributed by atoms with Crippen LogP contribution in [0.4, 0.5) is 0 Å². The van der Waals surface area contributed by atoms with Crippen LogP contribution in [0.3, 0.4) is 0 Å². The normalized spacial score (nSPS) is 18.4. The van der Waals surface area contributed by atoms with E-state index in [0.29, 0.717) is 12.8 Å². The van der Waals surface area contributed by atoms with Crippen LogP contribution in [0.1, 0.15) is 135 Å². The first-order valence-corrected chi connectivity index (χ1v) is 15.4. The maximum atomic E-state index is 13.0. The van der Waals surface area contributed by atoms with Crippen molar-refractivity contribution in [1.82, 2.24) is 0 Å². The van der Waals surface area contributed by atoms with Crippen molar-refractivity contribution in [3.05, 3.63) is 0 Å². The van der Waals surface area contributed by atoms with Crippen LogP contribution in [0.5, 0.6) is 0 Å². The molecule has 4 unspecified atom stereocenters. The molecule has 0 radical (unpaired) electrons. The molecule has 0 spiro atoms. The highest BCUT2D eigenvalue weighted by molar-refractivity contribution is 5.70. The number of hydrogen-bond acceptors (Lipinski definition) is 12. The summed E-state index contributed by atoms with van der Waals surface area (Å²) >= 11 is 0. The Bertz CT molecular complexity index is 1050. The van der Waals surface area contributed by atoms with Crippen molar-refractivity contribution in [3.8, 4) is 12.1 Å². The summed E-state index contributed by atoms with van der Waals surface area (Å²) in [6, 6.07) is 4.26. The third-order valence-corrected chi connectivity index (χ3v) is 5.97. The number of rotatable bonds is 16. The SMILES string of the molecule is CC(C)CC(C)(/N=N/C(C)(CC(C)C)OC(=O)CCC(C)(C#N)N=NC(C)(C)C)OC(=O)CCC(C)(C#N)N=NC(C)(C)C. The first-order valence-electron chi connectivity index (χ1n) is 15.4. The Labute approximate surface area is 265 Å². The van der Waals surface area contributed by atoms with Gasteiger partial charge < -0.3 is 9.47 Å². The molecule has 0 saturated carbocycles. The van der Waals surface area contributed by atoms with Crippen LogP contribution in [0.25, 0.3) is 0 Å². The number of nitriles is 2. The second kappa shape index (κ2) is 16.2. The molecule has 4 atom stereocenters. The quantitative estimate of drug-likeness (QED) is 0.124. The summed E-state index contributed by atoms with van der Waals surface area (Å²) in [6.07, 6.45) is 0.837. The van der Waals surface area contributed by atoms with Crippen LogP contribution >= 0.6 is 0 Å². The summed E-state index contributed by atoms with van der Waals surface area (Å²) in [7, 11) is 0. The van der Waals surface area contributed by atoms with Gasteiger partial charge in [-0.25, -0.2) is 0 Å². The fraction of sp³-hybridized carbons (Fsp3) is 0.875.